The SMILES string of the molecule is Cn1cc(C(=O)CC(c2cccc(C(=O)O)c2)c2ccc(Cl)cc2F)ccc1=O. The highest BCUT2D eigenvalue weighted by Gasteiger charge is 2.23. The van der Waals surface area contributed by atoms with E-state index in [0.717, 1.165) is 6.07 Å². The van der Waals surface area contributed by atoms with Crippen LogP contribution < -0.4 is 5.56 Å². The van der Waals surface area contributed by atoms with Crippen LogP contribution in [0.2, 0.25) is 5.02 Å². The minimum absolute atomic E-state index is 0.0384. The second-order valence-electron chi connectivity index (χ2n) is 6.64. The lowest BCUT2D eigenvalue weighted by Gasteiger charge is -2.19. The van der Waals surface area contributed by atoms with Crippen molar-refractivity contribution in [1.82, 2.24) is 4.57 Å². The van der Waals surface area contributed by atoms with Crippen LogP contribution in [0.4, 0.5) is 4.39 Å². The Morgan fingerprint density at radius 3 is 2.52 bits per heavy atom. The van der Waals surface area contributed by atoms with E-state index >= 15 is 0 Å². The summed E-state index contributed by atoms with van der Waals surface area (Å²) in [6, 6.07) is 12.9. The van der Waals surface area contributed by atoms with Crippen molar-refractivity contribution in [2.45, 2.75) is 12.3 Å². The van der Waals surface area contributed by atoms with Crippen LogP contribution in [0, 0.1) is 5.82 Å². The molecule has 1 atom stereocenters. The average molecular weight is 414 g/mol. The van der Waals surface area contributed by atoms with Gasteiger partial charge in [0.15, 0.2) is 5.78 Å². The molecule has 5 nitrogen and oxygen atoms in total. The number of carboxylic acids is 1. The quantitative estimate of drug-likeness (QED) is 0.612. The molecule has 0 aliphatic rings. The van der Waals surface area contributed by atoms with E-state index in [4.69, 9.17) is 11.6 Å². The zero-order valence-electron chi connectivity index (χ0n) is 15.4. The van der Waals surface area contributed by atoms with Crippen molar-refractivity contribution in [3.8, 4) is 0 Å². The summed E-state index contributed by atoms with van der Waals surface area (Å²) < 4.78 is 15.9. The summed E-state index contributed by atoms with van der Waals surface area (Å²) >= 11 is 5.85. The lowest BCUT2D eigenvalue weighted by Crippen LogP contribution is -2.18. The largest absolute Gasteiger partial charge is 0.478 e. The van der Waals surface area contributed by atoms with Crippen LogP contribution in [-0.2, 0) is 7.05 Å². The molecule has 3 aromatic rings. The number of Topliss-reactive ketones (excluding diaryl/α,β-unsaturated/α-hetero) is 1. The number of ketones is 1. The molecule has 0 aliphatic heterocycles. The van der Waals surface area contributed by atoms with E-state index in [1.165, 1.54) is 54.2 Å². The summed E-state index contributed by atoms with van der Waals surface area (Å²) in [6.07, 6.45) is 1.31. The average Bonchev–Trinajstić information content (AvgIpc) is 2.68. The highest BCUT2D eigenvalue weighted by molar-refractivity contribution is 6.30. The Morgan fingerprint density at radius 2 is 1.86 bits per heavy atom. The van der Waals surface area contributed by atoms with Crippen molar-refractivity contribution in [3.63, 3.8) is 0 Å². The van der Waals surface area contributed by atoms with Gasteiger partial charge < -0.3 is 9.67 Å². The van der Waals surface area contributed by atoms with E-state index in [0.29, 0.717) is 11.1 Å². The molecule has 0 saturated carbocycles. The molecule has 0 spiro atoms. The van der Waals surface area contributed by atoms with Crippen molar-refractivity contribution in [1.29, 1.82) is 0 Å². The summed E-state index contributed by atoms with van der Waals surface area (Å²) in [5.74, 6) is -2.74. The highest BCUT2D eigenvalue weighted by atomic mass is 35.5. The van der Waals surface area contributed by atoms with Gasteiger partial charge in [-0.15, -0.1) is 0 Å². The summed E-state index contributed by atoms with van der Waals surface area (Å²) in [5, 5.41) is 9.49. The second kappa shape index (κ2) is 8.41. The molecule has 1 heterocycles. The molecule has 29 heavy (non-hydrogen) atoms. The number of pyridine rings is 1. The molecule has 0 fully saturated rings. The first-order valence-electron chi connectivity index (χ1n) is 8.74. The van der Waals surface area contributed by atoms with E-state index in [2.05, 4.69) is 0 Å². The number of benzene rings is 2. The van der Waals surface area contributed by atoms with Crippen LogP contribution in [-0.4, -0.2) is 21.4 Å². The number of carbonyl (C=O) groups is 2. The zero-order valence-corrected chi connectivity index (χ0v) is 16.2. The number of aryl methyl sites for hydroxylation is 1. The fourth-order valence-corrected chi connectivity index (χ4v) is 3.30. The number of nitrogens with zero attached hydrogens (tertiary/aromatic N) is 1. The number of rotatable bonds is 6. The predicted molar refractivity (Wildman–Crippen MR) is 107 cm³/mol. The topological polar surface area (TPSA) is 76.4 Å². The van der Waals surface area contributed by atoms with Gasteiger partial charge in [0.2, 0.25) is 5.56 Å². The molecule has 1 aromatic heterocycles. The molecule has 7 heteroatoms. The first-order chi connectivity index (χ1) is 13.8. The van der Waals surface area contributed by atoms with Gasteiger partial charge in [0.25, 0.3) is 0 Å². The van der Waals surface area contributed by atoms with Gasteiger partial charge in [0.1, 0.15) is 5.82 Å². The number of hydrogen-bond acceptors (Lipinski definition) is 3. The maximum atomic E-state index is 14.7. The van der Waals surface area contributed by atoms with Crippen molar-refractivity contribution >= 4 is 23.4 Å². The predicted octanol–water partition coefficient (Wildman–Crippen LogP) is 4.28. The third kappa shape index (κ3) is 4.60. The second-order valence-corrected chi connectivity index (χ2v) is 7.08. The lowest BCUT2D eigenvalue weighted by molar-refractivity contribution is 0.0696. The van der Waals surface area contributed by atoms with Crippen molar-refractivity contribution in [2.24, 2.45) is 7.05 Å². The summed E-state index contributed by atoms with van der Waals surface area (Å²) in [4.78, 5) is 35.8. The Hall–Kier alpha value is -3.25. The Bertz CT molecular complexity index is 1160. The van der Waals surface area contributed by atoms with Crippen LogP contribution in [0.15, 0.2) is 65.6 Å². The first-order valence-corrected chi connectivity index (χ1v) is 9.12. The molecular formula is C22H17ClFNO4. The fraction of sp³-hybridized carbons (Fsp3) is 0.136. The van der Waals surface area contributed by atoms with Crippen molar-refractivity contribution < 1.29 is 19.1 Å². The van der Waals surface area contributed by atoms with Crippen LogP contribution in [0.1, 0.15) is 44.2 Å². The third-order valence-corrected chi connectivity index (χ3v) is 4.91. The number of hydrogen-bond donors (Lipinski definition) is 1. The normalized spacial score (nSPS) is 11.8. The monoisotopic (exact) mass is 413 g/mol. The minimum atomic E-state index is -1.12. The molecule has 3 rings (SSSR count). The van der Waals surface area contributed by atoms with Crippen LogP contribution in [0.5, 0.6) is 0 Å². The van der Waals surface area contributed by atoms with E-state index in [1.807, 2.05) is 0 Å². The van der Waals surface area contributed by atoms with Crippen molar-refractivity contribution in [2.75, 3.05) is 0 Å². The maximum Gasteiger partial charge on any atom is 0.335 e. The maximum absolute atomic E-state index is 14.7. The number of halogens is 2. The van der Waals surface area contributed by atoms with Gasteiger partial charge in [-0.2, -0.15) is 0 Å². The molecule has 2 aromatic carbocycles. The van der Waals surface area contributed by atoms with Gasteiger partial charge in [-0.3, -0.25) is 9.59 Å². The van der Waals surface area contributed by atoms with Gasteiger partial charge in [-0.1, -0.05) is 29.8 Å². The zero-order chi connectivity index (χ0) is 21.1. The standard InChI is InChI=1S/C22H17ClFNO4/c1-25-12-15(5-8-21(25)27)20(26)11-18(17-7-6-16(23)10-19(17)24)13-3-2-4-14(9-13)22(28)29/h2-10,12,18H,11H2,1H3,(H,28,29). The van der Waals surface area contributed by atoms with Crippen molar-refractivity contribution in [3.05, 3.63) is 104 Å². The summed E-state index contributed by atoms with van der Waals surface area (Å²) in [7, 11) is 1.53. The number of carbonyl (C=O) groups excluding carboxylic acids is 1. The number of aromatic nitrogens is 1. The van der Waals surface area contributed by atoms with Gasteiger partial charge in [-0.25, -0.2) is 9.18 Å². The molecule has 148 valence electrons. The molecule has 0 radical (unpaired) electrons. The Morgan fingerprint density at radius 1 is 1.10 bits per heavy atom. The molecular weight excluding hydrogens is 397 g/mol. The van der Waals surface area contributed by atoms with E-state index in [-0.39, 0.29) is 33.9 Å². The summed E-state index contributed by atoms with van der Waals surface area (Å²) in [6.45, 7) is 0. The van der Waals surface area contributed by atoms with Gasteiger partial charge >= 0.3 is 5.97 Å². The van der Waals surface area contributed by atoms with Gasteiger partial charge in [0, 0.05) is 42.2 Å². The minimum Gasteiger partial charge on any atom is -0.478 e. The van der Waals surface area contributed by atoms with E-state index < -0.39 is 17.7 Å². The van der Waals surface area contributed by atoms with Crippen LogP contribution in [0.3, 0.4) is 0 Å². The molecule has 0 aliphatic carbocycles. The Balaban J connectivity index is 2.06. The van der Waals surface area contributed by atoms with E-state index in [1.54, 1.807) is 12.1 Å². The van der Waals surface area contributed by atoms with Gasteiger partial charge in [0.05, 0.1) is 5.56 Å². The van der Waals surface area contributed by atoms with E-state index in [9.17, 15) is 23.9 Å². The smallest absolute Gasteiger partial charge is 0.335 e. The summed E-state index contributed by atoms with van der Waals surface area (Å²) in [5.41, 5.74) is 0.813. The lowest BCUT2D eigenvalue weighted by atomic mass is 9.85. The molecule has 0 bridgehead atoms. The third-order valence-electron chi connectivity index (χ3n) is 4.67. The van der Waals surface area contributed by atoms with Crippen LogP contribution in [0.25, 0.3) is 0 Å². The number of carboxylic acid groups (broad SMARTS) is 1. The Kier molecular flexibility index (Phi) is 5.94. The highest BCUT2D eigenvalue weighted by Crippen LogP contribution is 2.33. The molecule has 1 N–H and O–H groups in total. The molecule has 0 amide bonds. The van der Waals surface area contributed by atoms with Crippen LogP contribution >= 0.6 is 11.6 Å². The first kappa shape index (κ1) is 20.5. The molecule has 1 unspecified atom stereocenters. The molecule has 0 saturated heterocycles. The van der Waals surface area contributed by atoms with Gasteiger partial charge in [-0.05, 0) is 41.5 Å². The fourth-order valence-electron chi connectivity index (χ4n) is 3.14. The number of aromatic carboxylic acids is 1. The Labute approximate surface area is 171 Å².